The predicted octanol–water partition coefficient (Wildman–Crippen LogP) is 5.13. The number of nitrogens with zero attached hydrogens (tertiary/aromatic N) is 3. The van der Waals surface area contributed by atoms with Crippen LogP contribution in [0.15, 0.2) is 48.8 Å². The van der Waals surface area contributed by atoms with Gasteiger partial charge in [0.1, 0.15) is 10.6 Å². The van der Waals surface area contributed by atoms with Crippen LogP contribution in [0.5, 0.6) is 0 Å². The van der Waals surface area contributed by atoms with Crippen LogP contribution in [0, 0.1) is 13.8 Å². The van der Waals surface area contributed by atoms with Gasteiger partial charge in [-0.05, 0) is 56.2 Å². The first-order valence-corrected chi connectivity index (χ1v) is 9.65. The van der Waals surface area contributed by atoms with Crippen molar-refractivity contribution in [3.8, 4) is 11.4 Å². The van der Waals surface area contributed by atoms with Crippen LogP contribution in [0.25, 0.3) is 21.6 Å². The lowest BCUT2D eigenvalue weighted by Crippen LogP contribution is -2.04. The van der Waals surface area contributed by atoms with Crippen molar-refractivity contribution in [2.24, 2.45) is 5.73 Å². The molecule has 0 saturated carbocycles. The fraction of sp³-hybridized carbons (Fsp3) is 0.190. The second kappa shape index (κ2) is 7.06. The maximum absolute atomic E-state index is 5.95. The Morgan fingerprint density at radius 3 is 2.52 bits per heavy atom. The topological polar surface area (TPSA) is 76.7 Å². The minimum absolute atomic E-state index is 0.0174. The van der Waals surface area contributed by atoms with Gasteiger partial charge in [-0.3, -0.25) is 4.98 Å². The first-order chi connectivity index (χ1) is 13.0. The number of nitrogens with two attached hydrogens (primary N) is 1. The van der Waals surface area contributed by atoms with Crippen LogP contribution in [0.4, 0.5) is 11.5 Å². The molecule has 0 radical (unpaired) electrons. The maximum Gasteiger partial charge on any atom is 0.164 e. The molecule has 0 aliphatic heterocycles. The number of thiophene rings is 1. The van der Waals surface area contributed by atoms with E-state index >= 15 is 0 Å². The average molecular weight is 376 g/mol. The van der Waals surface area contributed by atoms with Crippen molar-refractivity contribution in [2.45, 2.75) is 26.8 Å². The van der Waals surface area contributed by atoms with Gasteiger partial charge in [-0.25, -0.2) is 9.97 Å². The summed E-state index contributed by atoms with van der Waals surface area (Å²) < 4.78 is 0. The quantitative estimate of drug-likeness (QED) is 0.517. The zero-order chi connectivity index (χ0) is 19.0. The molecule has 1 unspecified atom stereocenters. The van der Waals surface area contributed by atoms with Gasteiger partial charge < -0.3 is 11.1 Å². The van der Waals surface area contributed by atoms with Crippen LogP contribution in [0.2, 0.25) is 0 Å². The van der Waals surface area contributed by atoms with Gasteiger partial charge in [-0.1, -0.05) is 12.1 Å². The minimum atomic E-state index is 0.0174. The fourth-order valence-corrected chi connectivity index (χ4v) is 4.00. The third kappa shape index (κ3) is 3.41. The van der Waals surface area contributed by atoms with Gasteiger partial charge in [0.15, 0.2) is 5.82 Å². The molecule has 4 rings (SSSR count). The number of benzene rings is 1. The van der Waals surface area contributed by atoms with E-state index in [9.17, 15) is 0 Å². The highest BCUT2D eigenvalue weighted by Gasteiger charge is 2.16. The molecule has 27 heavy (non-hydrogen) atoms. The average Bonchev–Trinajstić information content (AvgIpc) is 2.97. The number of hydrogen-bond acceptors (Lipinski definition) is 6. The molecule has 3 aromatic heterocycles. The molecule has 1 aromatic carbocycles. The van der Waals surface area contributed by atoms with Crippen LogP contribution >= 0.6 is 11.3 Å². The number of nitrogens with one attached hydrogen (secondary N) is 1. The Balaban J connectivity index is 1.82. The normalized spacial score (nSPS) is 12.3. The molecule has 0 aliphatic carbocycles. The summed E-state index contributed by atoms with van der Waals surface area (Å²) in [6.45, 7) is 6.21. The van der Waals surface area contributed by atoms with E-state index in [2.05, 4.69) is 24.1 Å². The number of pyridine rings is 1. The van der Waals surface area contributed by atoms with Crippen LogP contribution in [0.1, 0.15) is 29.0 Å². The fourth-order valence-electron chi connectivity index (χ4n) is 2.97. The van der Waals surface area contributed by atoms with Crippen molar-refractivity contribution in [1.29, 1.82) is 0 Å². The van der Waals surface area contributed by atoms with Gasteiger partial charge in [-0.2, -0.15) is 0 Å². The van der Waals surface area contributed by atoms with E-state index in [0.717, 1.165) is 32.8 Å². The zero-order valence-corrected chi connectivity index (χ0v) is 16.3. The van der Waals surface area contributed by atoms with Gasteiger partial charge >= 0.3 is 0 Å². The van der Waals surface area contributed by atoms with Gasteiger partial charge in [-0.15, -0.1) is 11.3 Å². The van der Waals surface area contributed by atoms with Crippen LogP contribution in [-0.2, 0) is 0 Å². The second-order valence-electron chi connectivity index (χ2n) is 6.64. The molecule has 0 aliphatic rings. The highest BCUT2D eigenvalue weighted by atomic mass is 32.1. The molecule has 0 amide bonds. The lowest BCUT2D eigenvalue weighted by Gasteiger charge is -2.11. The van der Waals surface area contributed by atoms with Crippen LogP contribution in [-0.4, -0.2) is 15.0 Å². The monoisotopic (exact) mass is 375 g/mol. The molecule has 1 atom stereocenters. The molecule has 5 nitrogen and oxygen atoms in total. The first-order valence-electron chi connectivity index (χ1n) is 8.83. The smallest absolute Gasteiger partial charge is 0.164 e. The Hall–Kier alpha value is -2.83. The van der Waals surface area contributed by atoms with E-state index in [4.69, 9.17) is 15.7 Å². The summed E-state index contributed by atoms with van der Waals surface area (Å²) in [5.74, 6) is 1.49. The molecule has 0 spiro atoms. The molecular weight excluding hydrogens is 354 g/mol. The van der Waals surface area contributed by atoms with E-state index < -0.39 is 0 Å². The summed E-state index contributed by atoms with van der Waals surface area (Å²) in [4.78, 5) is 16.0. The van der Waals surface area contributed by atoms with Crippen molar-refractivity contribution >= 4 is 33.1 Å². The van der Waals surface area contributed by atoms with E-state index in [1.807, 2.05) is 43.3 Å². The number of rotatable bonds is 4. The Morgan fingerprint density at radius 2 is 1.85 bits per heavy atom. The summed E-state index contributed by atoms with van der Waals surface area (Å²) in [6, 6.07) is 12.0. The molecule has 3 heterocycles. The summed E-state index contributed by atoms with van der Waals surface area (Å²) in [6.07, 6.45) is 3.54. The minimum Gasteiger partial charge on any atom is -0.340 e. The maximum atomic E-state index is 5.95. The van der Waals surface area contributed by atoms with Crippen molar-refractivity contribution in [2.75, 3.05) is 5.32 Å². The van der Waals surface area contributed by atoms with Gasteiger partial charge in [0.25, 0.3) is 0 Å². The van der Waals surface area contributed by atoms with Gasteiger partial charge in [0, 0.05) is 34.6 Å². The summed E-state index contributed by atoms with van der Waals surface area (Å²) >= 11 is 1.69. The van der Waals surface area contributed by atoms with Crippen molar-refractivity contribution in [3.05, 3.63) is 64.8 Å². The third-order valence-corrected chi connectivity index (χ3v) is 5.75. The number of aryl methyl sites for hydroxylation is 2. The van der Waals surface area contributed by atoms with Crippen molar-refractivity contribution in [3.63, 3.8) is 0 Å². The van der Waals surface area contributed by atoms with Crippen LogP contribution in [0.3, 0.4) is 0 Å². The SMILES string of the molecule is Cc1sc2nc(-c3cccnc3)nc(Nc3ccc(C(C)N)cc3)c2c1C. The zero-order valence-electron chi connectivity index (χ0n) is 15.5. The van der Waals surface area contributed by atoms with Crippen LogP contribution < -0.4 is 11.1 Å². The number of anilines is 2. The molecule has 136 valence electrons. The van der Waals surface area contributed by atoms with E-state index in [-0.39, 0.29) is 6.04 Å². The summed E-state index contributed by atoms with van der Waals surface area (Å²) in [5.41, 5.74) is 10.1. The van der Waals surface area contributed by atoms with E-state index in [1.165, 1.54) is 10.4 Å². The van der Waals surface area contributed by atoms with Crippen molar-refractivity contribution < 1.29 is 0 Å². The number of aromatic nitrogens is 3. The molecular formula is C21H21N5S. The van der Waals surface area contributed by atoms with Crippen molar-refractivity contribution in [1.82, 2.24) is 15.0 Å². The molecule has 6 heteroatoms. The molecule has 0 fully saturated rings. The summed E-state index contributed by atoms with van der Waals surface area (Å²) in [7, 11) is 0. The Morgan fingerprint density at radius 1 is 1.07 bits per heavy atom. The highest BCUT2D eigenvalue weighted by Crippen LogP contribution is 2.36. The lowest BCUT2D eigenvalue weighted by molar-refractivity contribution is 0.818. The number of hydrogen-bond donors (Lipinski definition) is 2. The van der Waals surface area contributed by atoms with E-state index in [1.54, 1.807) is 23.7 Å². The van der Waals surface area contributed by atoms with Gasteiger partial charge in [0.05, 0.1) is 5.39 Å². The first kappa shape index (κ1) is 17.6. The molecule has 0 bridgehead atoms. The Kier molecular flexibility index (Phi) is 4.59. The van der Waals surface area contributed by atoms with E-state index in [0.29, 0.717) is 5.82 Å². The number of fused-ring (bicyclic) bond motifs is 1. The summed E-state index contributed by atoms with van der Waals surface area (Å²) in [5, 5.41) is 4.54. The molecule has 4 aromatic rings. The molecule has 3 N–H and O–H groups in total. The standard InChI is InChI=1S/C21H21N5S/c1-12-14(3)27-21-18(12)20(24-17-8-6-15(7-9-17)13(2)22)25-19(26-21)16-5-4-10-23-11-16/h4-11,13H,22H2,1-3H3,(H,24,25,26). The molecule has 0 saturated heterocycles. The lowest BCUT2D eigenvalue weighted by atomic mass is 10.1. The Labute approximate surface area is 162 Å². The second-order valence-corrected chi connectivity index (χ2v) is 7.84. The predicted molar refractivity (Wildman–Crippen MR) is 112 cm³/mol. The van der Waals surface area contributed by atoms with Gasteiger partial charge in [0.2, 0.25) is 0 Å². The largest absolute Gasteiger partial charge is 0.340 e. The Bertz CT molecular complexity index is 1090. The highest BCUT2D eigenvalue weighted by molar-refractivity contribution is 7.18. The third-order valence-electron chi connectivity index (χ3n) is 4.65.